The molecule has 0 bridgehead atoms. The fourth-order valence-corrected chi connectivity index (χ4v) is 5.61. The first-order chi connectivity index (χ1) is 19.6. The molecule has 0 saturated heterocycles. The predicted octanol–water partition coefficient (Wildman–Crippen LogP) is 4.17. The van der Waals surface area contributed by atoms with E-state index in [2.05, 4.69) is 4.99 Å². The molecular formula is C29H25FN4O6S. The second kappa shape index (κ2) is 11.0. The van der Waals surface area contributed by atoms with Crippen molar-refractivity contribution >= 4 is 34.8 Å². The number of ether oxygens (including phenoxy) is 1. The van der Waals surface area contributed by atoms with Crippen LogP contribution < -0.4 is 19.8 Å². The fourth-order valence-electron chi connectivity index (χ4n) is 4.58. The number of nitro groups is 1. The largest absolute Gasteiger partial charge is 0.463 e. The van der Waals surface area contributed by atoms with Crippen molar-refractivity contribution in [1.82, 2.24) is 4.57 Å². The van der Waals surface area contributed by atoms with Gasteiger partial charge in [0.2, 0.25) is 5.82 Å². The Morgan fingerprint density at radius 2 is 1.95 bits per heavy atom. The summed E-state index contributed by atoms with van der Waals surface area (Å²) in [7, 11) is 3.84. The van der Waals surface area contributed by atoms with E-state index in [1.54, 1.807) is 32.1 Å². The highest BCUT2D eigenvalue weighted by Crippen LogP contribution is 2.32. The zero-order valence-corrected chi connectivity index (χ0v) is 23.4. The van der Waals surface area contributed by atoms with Crippen molar-refractivity contribution < 1.29 is 23.3 Å². The Balaban J connectivity index is 1.61. The van der Waals surface area contributed by atoms with Gasteiger partial charge in [0.1, 0.15) is 11.5 Å². The lowest BCUT2D eigenvalue weighted by Gasteiger charge is -2.25. The number of thiazole rings is 1. The number of carbonyl (C=O) groups is 1. The minimum Gasteiger partial charge on any atom is -0.463 e. The van der Waals surface area contributed by atoms with E-state index in [9.17, 15) is 24.1 Å². The van der Waals surface area contributed by atoms with E-state index in [4.69, 9.17) is 9.15 Å². The van der Waals surface area contributed by atoms with Gasteiger partial charge in [0, 0.05) is 37.5 Å². The molecule has 0 spiro atoms. The van der Waals surface area contributed by atoms with Gasteiger partial charge in [-0.2, -0.15) is 4.39 Å². The molecule has 0 unspecified atom stereocenters. The summed E-state index contributed by atoms with van der Waals surface area (Å²) in [6.07, 6.45) is 1.54. The van der Waals surface area contributed by atoms with Crippen LogP contribution in [0, 0.1) is 15.9 Å². The highest BCUT2D eigenvalue weighted by molar-refractivity contribution is 7.07. The van der Waals surface area contributed by atoms with Crippen molar-refractivity contribution in [2.75, 3.05) is 25.6 Å². The predicted molar refractivity (Wildman–Crippen MR) is 152 cm³/mol. The number of aromatic nitrogens is 1. The molecule has 4 aromatic rings. The van der Waals surface area contributed by atoms with Crippen LogP contribution in [0.3, 0.4) is 0 Å². The maximum Gasteiger partial charge on any atom is 0.338 e. The van der Waals surface area contributed by atoms with E-state index in [0.717, 1.165) is 34.7 Å². The molecule has 1 aliphatic heterocycles. The first kappa shape index (κ1) is 27.7. The summed E-state index contributed by atoms with van der Waals surface area (Å²) in [6, 6.07) is 13.5. The minimum atomic E-state index is -0.949. The molecule has 41 heavy (non-hydrogen) atoms. The van der Waals surface area contributed by atoms with Crippen LogP contribution in [0.25, 0.3) is 17.4 Å². The summed E-state index contributed by atoms with van der Waals surface area (Å²) in [5, 5.41) is 11.1. The molecule has 1 aliphatic rings. The normalized spacial score (nSPS) is 15.0. The smallest absolute Gasteiger partial charge is 0.338 e. The third kappa shape index (κ3) is 5.21. The van der Waals surface area contributed by atoms with Crippen LogP contribution in [0.4, 0.5) is 15.8 Å². The number of carbonyl (C=O) groups excluding carboxylic acids is 1. The van der Waals surface area contributed by atoms with Crippen molar-refractivity contribution in [3.8, 4) is 11.3 Å². The van der Waals surface area contributed by atoms with Crippen molar-refractivity contribution in [3.63, 3.8) is 0 Å². The standard InChI is InChI=1S/C29H25FN4O6S/c1-5-39-28(36)25-16(2)31-29-33(26(25)17-6-9-19(10-7-17)32(3)4)27(35)24(41-29)15-20-11-13-23(40-20)18-8-12-21(30)22(14-18)34(37)38/h6-15,26H,5H2,1-4H3/b24-15-/t26-/m0/s1. The summed E-state index contributed by atoms with van der Waals surface area (Å²) in [4.78, 5) is 44.1. The van der Waals surface area contributed by atoms with Gasteiger partial charge in [0.05, 0.1) is 33.4 Å². The molecule has 2 aromatic heterocycles. The number of esters is 1. The van der Waals surface area contributed by atoms with Crippen LogP contribution in [0.15, 0.2) is 80.1 Å². The summed E-state index contributed by atoms with van der Waals surface area (Å²) in [6.45, 7) is 3.60. The number of halogens is 1. The summed E-state index contributed by atoms with van der Waals surface area (Å²) < 4.78 is 26.7. The Hall–Kier alpha value is -4.84. The Kier molecular flexibility index (Phi) is 7.41. The van der Waals surface area contributed by atoms with Gasteiger partial charge in [-0.15, -0.1) is 0 Å². The van der Waals surface area contributed by atoms with Gasteiger partial charge in [-0.25, -0.2) is 9.79 Å². The lowest BCUT2D eigenvalue weighted by atomic mass is 9.95. The third-order valence-corrected chi connectivity index (χ3v) is 7.55. The molecule has 3 heterocycles. The molecule has 10 nitrogen and oxygen atoms in total. The van der Waals surface area contributed by atoms with Crippen LogP contribution in [-0.4, -0.2) is 36.2 Å². The summed E-state index contributed by atoms with van der Waals surface area (Å²) in [5.74, 6) is -0.916. The molecule has 0 N–H and O–H groups in total. The number of rotatable bonds is 7. The van der Waals surface area contributed by atoms with Crippen LogP contribution in [0.5, 0.6) is 0 Å². The van der Waals surface area contributed by atoms with Gasteiger partial charge in [0.15, 0.2) is 4.80 Å². The molecule has 0 radical (unpaired) electrons. The first-order valence-corrected chi connectivity index (χ1v) is 13.4. The molecule has 0 amide bonds. The Bertz CT molecular complexity index is 1880. The van der Waals surface area contributed by atoms with Gasteiger partial charge >= 0.3 is 11.7 Å². The number of hydrogen-bond acceptors (Lipinski definition) is 9. The Morgan fingerprint density at radius 1 is 1.22 bits per heavy atom. The van der Waals surface area contributed by atoms with Crippen molar-refractivity contribution in [2.45, 2.75) is 19.9 Å². The number of nitrogens with zero attached hydrogens (tertiary/aromatic N) is 4. The Morgan fingerprint density at radius 3 is 2.61 bits per heavy atom. The molecule has 5 rings (SSSR count). The van der Waals surface area contributed by atoms with E-state index in [-0.39, 0.29) is 23.5 Å². The maximum atomic E-state index is 13.8. The summed E-state index contributed by atoms with van der Waals surface area (Å²) >= 11 is 1.14. The monoisotopic (exact) mass is 576 g/mol. The number of hydrogen-bond donors (Lipinski definition) is 0. The van der Waals surface area contributed by atoms with Crippen LogP contribution in [-0.2, 0) is 9.53 Å². The molecular weight excluding hydrogens is 551 g/mol. The van der Waals surface area contributed by atoms with Crippen molar-refractivity contribution in [2.24, 2.45) is 4.99 Å². The molecule has 2 aromatic carbocycles. The minimum absolute atomic E-state index is 0.171. The average molecular weight is 577 g/mol. The van der Waals surface area contributed by atoms with Crippen LogP contribution in [0.1, 0.15) is 31.2 Å². The number of nitro benzene ring substituents is 1. The van der Waals surface area contributed by atoms with Crippen molar-refractivity contribution in [1.29, 1.82) is 0 Å². The Labute approximate surface area is 237 Å². The van der Waals surface area contributed by atoms with Gasteiger partial charge in [-0.3, -0.25) is 19.5 Å². The highest BCUT2D eigenvalue weighted by Gasteiger charge is 2.33. The van der Waals surface area contributed by atoms with Gasteiger partial charge in [-0.05, 0) is 55.8 Å². The second-order valence-corrected chi connectivity index (χ2v) is 10.4. The first-order valence-electron chi connectivity index (χ1n) is 12.6. The number of fused-ring (bicyclic) bond motifs is 1. The number of anilines is 1. The maximum absolute atomic E-state index is 13.8. The zero-order valence-electron chi connectivity index (χ0n) is 22.6. The topological polar surface area (TPSA) is 120 Å². The lowest BCUT2D eigenvalue weighted by Crippen LogP contribution is -2.39. The summed E-state index contributed by atoms with van der Waals surface area (Å²) in [5.41, 5.74) is 1.69. The number of furan rings is 1. The van der Waals surface area contributed by atoms with Gasteiger partial charge in [0.25, 0.3) is 5.56 Å². The van der Waals surface area contributed by atoms with E-state index in [0.29, 0.717) is 26.4 Å². The fraction of sp³-hybridized carbons (Fsp3) is 0.207. The lowest BCUT2D eigenvalue weighted by molar-refractivity contribution is -0.387. The highest BCUT2D eigenvalue weighted by atomic mass is 32.1. The van der Waals surface area contributed by atoms with Crippen molar-refractivity contribution in [3.05, 3.63) is 113 Å². The van der Waals surface area contributed by atoms with E-state index < -0.39 is 28.4 Å². The van der Waals surface area contributed by atoms with E-state index in [1.807, 2.05) is 43.3 Å². The zero-order chi connectivity index (χ0) is 29.4. The molecule has 1 atom stereocenters. The average Bonchev–Trinajstić information content (AvgIpc) is 3.52. The quantitative estimate of drug-likeness (QED) is 0.184. The molecule has 0 saturated carbocycles. The molecule has 210 valence electrons. The van der Waals surface area contributed by atoms with Crippen LogP contribution in [0.2, 0.25) is 0 Å². The second-order valence-electron chi connectivity index (χ2n) is 9.41. The van der Waals surface area contributed by atoms with Crippen LogP contribution >= 0.6 is 11.3 Å². The van der Waals surface area contributed by atoms with E-state index >= 15 is 0 Å². The third-order valence-electron chi connectivity index (χ3n) is 6.57. The van der Waals surface area contributed by atoms with Gasteiger partial charge < -0.3 is 14.1 Å². The SMILES string of the molecule is CCOC(=O)C1=C(C)N=c2s/c(=C\c3ccc(-c4ccc(F)c([N+](=O)[O-])c4)o3)c(=O)n2[C@H]1c1ccc(N(C)C)cc1. The van der Waals surface area contributed by atoms with E-state index in [1.165, 1.54) is 10.6 Å². The molecule has 0 fully saturated rings. The molecule has 0 aliphatic carbocycles. The number of benzene rings is 2. The van der Waals surface area contributed by atoms with Gasteiger partial charge in [-0.1, -0.05) is 23.5 Å². The number of allylic oxidation sites excluding steroid dienone is 1. The molecule has 12 heteroatoms.